The number of hydrogen-bond acceptors (Lipinski definition) is 6. The summed E-state index contributed by atoms with van der Waals surface area (Å²) in [6.45, 7) is 6.90. The first-order valence-electron chi connectivity index (χ1n) is 12.2. The molecular weight excluding hydrogens is 454 g/mol. The fourth-order valence-corrected chi connectivity index (χ4v) is 4.54. The first-order valence-corrected chi connectivity index (χ1v) is 12.2. The number of nitrogens with zero attached hydrogens (tertiary/aromatic N) is 4. The van der Waals surface area contributed by atoms with E-state index in [1.807, 2.05) is 85.8 Å². The Labute approximate surface area is 210 Å². The van der Waals surface area contributed by atoms with Gasteiger partial charge in [-0.15, -0.1) is 0 Å². The van der Waals surface area contributed by atoms with E-state index < -0.39 is 5.60 Å². The molecule has 36 heavy (non-hydrogen) atoms. The Bertz CT molecular complexity index is 1350. The van der Waals surface area contributed by atoms with Crippen LogP contribution in [0, 0.1) is 0 Å². The van der Waals surface area contributed by atoms with Crippen LogP contribution in [0.1, 0.15) is 45.2 Å². The Morgan fingerprint density at radius 2 is 1.64 bits per heavy atom. The summed E-state index contributed by atoms with van der Waals surface area (Å²) in [5, 5.41) is 0. The number of nitrogen functional groups attached to an aromatic ring is 1. The van der Waals surface area contributed by atoms with E-state index in [0.717, 1.165) is 46.9 Å². The van der Waals surface area contributed by atoms with Crippen LogP contribution in [0.15, 0.2) is 66.9 Å². The lowest BCUT2D eigenvalue weighted by Crippen LogP contribution is -2.41. The van der Waals surface area contributed by atoms with Gasteiger partial charge in [-0.05, 0) is 76.1 Å². The Kier molecular flexibility index (Phi) is 6.26. The van der Waals surface area contributed by atoms with Gasteiger partial charge in [-0.1, -0.05) is 18.2 Å². The maximum atomic E-state index is 12.5. The summed E-state index contributed by atoms with van der Waals surface area (Å²) in [5.74, 6) is 2.86. The number of carbonyl (C=O) groups excluding carboxylic acids is 1. The highest BCUT2D eigenvalue weighted by Crippen LogP contribution is 2.35. The number of aromatic nitrogens is 3. The lowest BCUT2D eigenvalue weighted by atomic mass is 9.93. The lowest BCUT2D eigenvalue weighted by Gasteiger charge is -2.33. The van der Waals surface area contributed by atoms with Crippen LogP contribution in [0.3, 0.4) is 0 Å². The Balaban J connectivity index is 1.39. The fourth-order valence-electron chi connectivity index (χ4n) is 4.54. The van der Waals surface area contributed by atoms with E-state index in [1.54, 1.807) is 11.1 Å². The summed E-state index contributed by atoms with van der Waals surface area (Å²) < 4.78 is 13.4. The highest BCUT2D eigenvalue weighted by molar-refractivity contribution is 5.70. The first-order chi connectivity index (χ1) is 17.3. The van der Waals surface area contributed by atoms with Crippen LogP contribution < -0.4 is 10.5 Å². The third-order valence-corrected chi connectivity index (χ3v) is 6.23. The molecule has 0 bridgehead atoms. The van der Waals surface area contributed by atoms with Gasteiger partial charge >= 0.3 is 6.09 Å². The van der Waals surface area contributed by atoms with Crippen LogP contribution in [0.25, 0.3) is 16.9 Å². The minimum absolute atomic E-state index is 0.204. The number of nitrogens with two attached hydrogens (primary N) is 1. The lowest BCUT2D eigenvalue weighted by molar-refractivity contribution is 0.0204. The molecule has 8 heteroatoms. The number of piperidine rings is 1. The van der Waals surface area contributed by atoms with Crippen molar-refractivity contribution in [1.82, 2.24) is 19.3 Å². The number of amides is 1. The van der Waals surface area contributed by atoms with Crippen LogP contribution in [-0.2, 0) is 4.74 Å². The second kappa shape index (κ2) is 9.53. The molecule has 1 saturated heterocycles. The van der Waals surface area contributed by atoms with Gasteiger partial charge in [-0.2, -0.15) is 0 Å². The van der Waals surface area contributed by atoms with E-state index in [-0.39, 0.29) is 12.0 Å². The molecule has 1 aliphatic heterocycles. The zero-order valence-electron chi connectivity index (χ0n) is 20.8. The maximum absolute atomic E-state index is 12.5. The first kappa shape index (κ1) is 23.7. The van der Waals surface area contributed by atoms with Crippen molar-refractivity contribution in [2.45, 2.75) is 45.1 Å². The third-order valence-electron chi connectivity index (χ3n) is 6.23. The molecule has 1 fully saturated rings. The number of imidazole rings is 1. The van der Waals surface area contributed by atoms with Crippen LogP contribution in [0.5, 0.6) is 11.5 Å². The third kappa shape index (κ3) is 4.98. The molecule has 0 spiro atoms. The zero-order chi connectivity index (χ0) is 25.3. The molecule has 0 atom stereocenters. The predicted octanol–water partition coefficient (Wildman–Crippen LogP) is 5.89. The van der Waals surface area contributed by atoms with Crippen molar-refractivity contribution < 1.29 is 14.3 Å². The van der Waals surface area contributed by atoms with E-state index in [9.17, 15) is 4.79 Å². The number of fused-ring (bicyclic) bond motifs is 1. The van der Waals surface area contributed by atoms with Crippen molar-refractivity contribution in [2.75, 3.05) is 18.8 Å². The van der Waals surface area contributed by atoms with E-state index in [0.29, 0.717) is 19.0 Å². The van der Waals surface area contributed by atoms with Gasteiger partial charge in [-0.25, -0.2) is 14.8 Å². The SMILES string of the molecule is CC(C)(C)OC(=O)N1CCC(c2nc(-c3ccc(Oc4ccccc4)cc3)n3c(N)nccc23)CC1. The predicted molar refractivity (Wildman–Crippen MR) is 139 cm³/mol. The van der Waals surface area contributed by atoms with Gasteiger partial charge in [-0.3, -0.25) is 4.40 Å². The second-order valence-electron chi connectivity index (χ2n) is 10.0. The number of benzene rings is 2. The van der Waals surface area contributed by atoms with Crippen molar-refractivity contribution in [2.24, 2.45) is 0 Å². The molecule has 4 aromatic rings. The quantitative estimate of drug-likeness (QED) is 0.388. The molecule has 2 N–H and O–H groups in total. The molecular formula is C28H31N5O3. The summed E-state index contributed by atoms with van der Waals surface area (Å²) in [6.07, 6.45) is 3.06. The normalized spacial score (nSPS) is 14.7. The summed E-state index contributed by atoms with van der Waals surface area (Å²) >= 11 is 0. The van der Waals surface area contributed by atoms with Gasteiger partial charge < -0.3 is 20.1 Å². The van der Waals surface area contributed by atoms with Gasteiger partial charge in [0, 0.05) is 30.8 Å². The summed E-state index contributed by atoms with van der Waals surface area (Å²) in [5.41, 5.74) is 8.64. The number of ether oxygens (including phenoxy) is 2. The Morgan fingerprint density at radius 1 is 0.972 bits per heavy atom. The van der Waals surface area contributed by atoms with E-state index in [1.165, 1.54) is 0 Å². The maximum Gasteiger partial charge on any atom is 0.410 e. The van der Waals surface area contributed by atoms with Gasteiger partial charge in [0.1, 0.15) is 22.9 Å². The average Bonchev–Trinajstić information content (AvgIpc) is 3.25. The number of para-hydroxylation sites is 1. The minimum Gasteiger partial charge on any atom is -0.457 e. The summed E-state index contributed by atoms with van der Waals surface area (Å²) in [7, 11) is 0. The molecule has 8 nitrogen and oxygen atoms in total. The number of carbonyl (C=O) groups is 1. The molecule has 2 aromatic heterocycles. The number of anilines is 1. The van der Waals surface area contributed by atoms with Gasteiger partial charge in [0.05, 0.1) is 11.2 Å². The van der Waals surface area contributed by atoms with E-state index in [2.05, 4.69) is 4.98 Å². The van der Waals surface area contributed by atoms with Crippen LogP contribution in [0.2, 0.25) is 0 Å². The molecule has 0 aliphatic carbocycles. The topological polar surface area (TPSA) is 95.0 Å². The molecule has 5 rings (SSSR count). The zero-order valence-corrected chi connectivity index (χ0v) is 20.8. The Hall–Kier alpha value is -4.07. The highest BCUT2D eigenvalue weighted by atomic mass is 16.6. The van der Waals surface area contributed by atoms with Crippen LogP contribution in [0.4, 0.5) is 10.7 Å². The van der Waals surface area contributed by atoms with Crippen molar-refractivity contribution in [3.8, 4) is 22.9 Å². The van der Waals surface area contributed by atoms with Crippen LogP contribution in [-0.4, -0.2) is 44.1 Å². The highest BCUT2D eigenvalue weighted by Gasteiger charge is 2.30. The number of rotatable bonds is 4. The van der Waals surface area contributed by atoms with Gasteiger partial charge in [0.2, 0.25) is 5.95 Å². The average molecular weight is 486 g/mol. The largest absolute Gasteiger partial charge is 0.457 e. The molecule has 0 saturated carbocycles. The van der Waals surface area contributed by atoms with Crippen molar-refractivity contribution in [3.63, 3.8) is 0 Å². The molecule has 3 heterocycles. The van der Waals surface area contributed by atoms with Crippen molar-refractivity contribution >= 4 is 17.6 Å². The van der Waals surface area contributed by atoms with Crippen LogP contribution >= 0.6 is 0 Å². The number of likely N-dealkylation sites (tertiary alicyclic amines) is 1. The van der Waals surface area contributed by atoms with Gasteiger partial charge in [0.25, 0.3) is 0 Å². The number of hydrogen-bond donors (Lipinski definition) is 1. The van der Waals surface area contributed by atoms with Crippen molar-refractivity contribution in [3.05, 3.63) is 72.6 Å². The molecule has 1 amide bonds. The standard InChI is InChI=1S/C28H31N5O3/c1-28(2,3)36-27(34)32-17-14-19(15-18-32)24-23-13-16-30-26(29)33(23)25(31-24)20-9-11-22(12-10-20)35-21-7-5-4-6-8-21/h4-13,16,19H,14-15,17-18H2,1-3H3,(H2,29,30). The molecule has 2 aromatic carbocycles. The minimum atomic E-state index is -0.505. The monoisotopic (exact) mass is 485 g/mol. The van der Waals surface area contributed by atoms with E-state index in [4.69, 9.17) is 20.2 Å². The van der Waals surface area contributed by atoms with E-state index >= 15 is 0 Å². The van der Waals surface area contributed by atoms with Crippen molar-refractivity contribution in [1.29, 1.82) is 0 Å². The molecule has 0 unspecified atom stereocenters. The summed E-state index contributed by atoms with van der Waals surface area (Å²) in [4.78, 5) is 23.6. The van der Waals surface area contributed by atoms with Gasteiger partial charge in [0.15, 0.2) is 0 Å². The second-order valence-corrected chi connectivity index (χ2v) is 10.0. The molecule has 0 radical (unpaired) electrons. The molecule has 186 valence electrons. The molecule has 1 aliphatic rings. The fraction of sp³-hybridized carbons (Fsp3) is 0.321. The summed E-state index contributed by atoms with van der Waals surface area (Å²) in [6, 6.07) is 19.4. The Morgan fingerprint density at radius 3 is 2.31 bits per heavy atom. The smallest absolute Gasteiger partial charge is 0.410 e.